The van der Waals surface area contributed by atoms with Crippen molar-refractivity contribution in [3.8, 4) is 0 Å². The fraction of sp³-hybridized carbons (Fsp3) is 0.182. The number of hydrogen-bond acceptors (Lipinski definition) is 3. The van der Waals surface area contributed by atoms with Crippen molar-refractivity contribution in [3.05, 3.63) is 43.2 Å². The van der Waals surface area contributed by atoms with Gasteiger partial charge in [-0.15, -0.1) is 22.7 Å². The molecule has 0 radical (unpaired) electrons. The molecule has 1 nitrogen and oxygen atoms in total. The first-order valence-electron chi connectivity index (χ1n) is 4.58. The Kier molecular flexibility index (Phi) is 3.24. The number of carbonyl (C=O) groups excluding carboxylic acids is 1. The highest BCUT2D eigenvalue weighted by Crippen LogP contribution is 2.27. The maximum Gasteiger partial charge on any atom is 0.213 e. The maximum absolute atomic E-state index is 12.1. The third-order valence-corrected chi connectivity index (χ3v) is 4.32. The maximum atomic E-state index is 12.1. The number of aryl methyl sites for hydroxylation is 1. The quantitative estimate of drug-likeness (QED) is 0.750. The summed E-state index contributed by atoms with van der Waals surface area (Å²) in [5.74, 6) is 0.0961. The Morgan fingerprint density at radius 2 is 2.20 bits per heavy atom. The van der Waals surface area contributed by atoms with Crippen LogP contribution in [0.4, 0.5) is 0 Å². The molecule has 0 bridgehead atoms. The Labute approximate surface area is 101 Å². The third kappa shape index (κ3) is 2.14. The Morgan fingerprint density at radius 1 is 1.40 bits per heavy atom. The lowest BCUT2D eigenvalue weighted by atomic mass is 10.1. The summed E-state index contributed by atoms with van der Waals surface area (Å²) in [7, 11) is 0. The van der Waals surface area contributed by atoms with Crippen molar-refractivity contribution in [1.82, 2.24) is 0 Å². The molecule has 0 aliphatic carbocycles. The molecule has 78 valence electrons. The third-order valence-electron chi connectivity index (χ3n) is 2.13. The van der Waals surface area contributed by atoms with Gasteiger partial charge in [-0.25, -0.2) is 0 Å². The van der Waals surface area contributed by atoms with Crippen LogP contribution in [0.3, 0.4) is 0 Å². The Hall–Kier alpha value is -0.640. The van der Waals surface area contributed by atoms with E-state index in [-0.39, 0.29) is 5.78 Å². The van der Waals surface area contributed by atoms with Gasteiger partial charge in [-0.05, 0) is 35.6 Å². The van der Waals surface area contributed by atoms with Gasteiger partial charge < -0.3 is 0 Å². The second kappa shape index (κ2) is 4.47. The van der Waals surface area contributed by atoms with Crippen molar-refractivity contribution >= 4 is 40.1 Å². The highest BCUT2D eigenvalue weighted by molar-refractivity contribution is 7.19. The van der Waals surface area contributed by atoms with Crippen LogP contribution >= 0.6 is 34.3 Å². The van der Waals surface area contributed by atoms with E-state index in [0.29, 0.717) is 4.34 Å². The number of thiophene rings is 2. The number of rotatable bonds is 3. The van der Waals surface area contributed by atoms with Crippen LogP contribution in [0.1, 0.15) is 27.0 Å². The van der Waals surface area contributed by atoms with Crippen LogP contribution in [-0.4, -0.2) is 5.78 Å². The van der Waals surface area contributed by atoms with E-state index in [1.807, 2.05) is 11.4 Å². The molecule has 4 heteroatoms. The second-order valence-corrected chi connectivity index (χ2v) is 5.69. The molecule has 0 unspecified atom stereocenters. The minimum atomic E-state index is 0.0961. The lowest BCUT2D eigenvalue weighted by molar-refractivity contribution is 0.104. The van der Waals surface area contributed by atoms with E-state index in [9.17, 15) is 4.79 Å². The Balaban J connectivity index is 2.36. The molecule has 0 aliphatic heterocycles. The van der Waals surface area contributed by atoms with Crippen LogP contribution in [0, 0.1) is 0 Å². The molecule has 2 heterocycles. The van der Waals surface area contributed by atoms with Crippen LogP contribution in [0.2, 0.25) is 4.34 Å². The Morgan fingerprint density at radius 3 is 2.80 bits per heavy atom. The summed E-state index contributed by atoms with van der Waals surface area (Å²) < 4.78 is 0.660. The van der Waals surface area contributed by atoms with Gasteiger partial charge in [0.25, 0.3) is 0 Å². The predicted octanol–water partition coefficient (Wildman–Crippen LogP) is 4.26. The molecule has 0 atom stereocenters. The van der Waals surface area contributed by atoms with E-state index in [1.165, 1.54) is 22.7 Å². The van der Waals surface area contributed by atoms with Crippen molar-refractivity contribution in [2.45, 2.75) is 13.3 Å². The normalized spacial score (nSPS) is 10.5. The second-order valence-electron chi connectivity index (χ2n) is 3.06. The minimum Gasteiger partial charge on any atom is -0.287 e. The van der Waals surface area contributed by atoms with Gasteiger partial charge in [0.1, 0.15) is 0 Å². The Bertz CT molecular complexity index is 484. The van der Waals surface area contributed by atoms with E-state index >= 15 is 0 Å². The van der Waals surface area contributed by atoms with Gasteiger partial charge in [-0.3, -0.25) is 4.79 Å². The molecule has 2 aromatic heterocycles. The first-order chi connectivity index (χ1) is 7.22. The zero-order chi connectivity index (χ0) is 10.8. The average Bonchev–Trinajstić information content (AvgIpc) is 2.84. The molecule has 0 spiro atoms. The van der Waals surface area contributed by atoms with Crippen LogP contribution < -0.4 is 0 Å². The molecule has 0 aliphatic rings. The van der Waals surface area contributed by atoms with Gasteiger partial charge in [0, 0.05) is 0 Å². The van der Waals surface area contributed by atoms with Crippen LogP contribution in [0.25, 0.3) is 0 Å². The summed E-state index contributed by atoms with van der Waals surface area (Å²) in [6, 6.07) is 5.56. The van der Waals surface area contributed by atoms with Crippen molar-refractivity contribution in [2.75, 3.05) is 0 Å². The van der Waals surface area contributed by atoms with Gasteiger partial charge in [-0.2, -0.15) is 0 Å². The summed E-state index contributed by atoms with van der Waals surface area (Å²) in [6.45, 7) is 2.06. The highest BCUT2D eigenvalue weighted by Gasteiger charge is 2.15. The van der Waals surface area contributed by atoms with Gasteiger partial charge in [0.2, 0.25) is 5.78 Å². The molecule has 15 heavy (non-hydrogen) atoms. The molecule has 0 saturated carbocycles. The van der Waals surface area contributed by atoms with Crippen molar-refractivity contribution < 1.29 is 4.79 Å². The van der Waals surface area contributed by atoms with E-state index in [1.54, 1.807) is 12.1 Å². The largest absolute Gasteiger partial charge is 0.287 e. The first kappa shape index (κ1) is 10.9. The summed E-state index contributed by atoms with van der Waals surface area (Å²) in [4.78, 5) is 13.6. The zero-order valence-corrected chi connectivity index (χ0v) is 10.5. The van der Waals surface area contributed by atoms with Crippen LogP contribution in [0.5, 0.6) is 0 Å². The molecule has 0 fully saturated rings. The molecule has 0 amide bonds. The predicted molar refractivity (Wildman–Crippen MR) is 66.5 cm³/mol. The lowest BCUT2D eigenvalue weighted by Crippen LogP contribution is -1.98. The highest BCUT2D eigenvalue weighted by atomic mass is 35.5. The molecule has 0 aromatic carbocycles. The summed E-state index contributed by atoms with van der Waals surface area (Å²) in [5, 5.41) is 1.96. The fourth-order valence-corrected chi connectivity index (χ4v) is 3.36. The van der Waals surface area contributed by atoms with Gasteiger partial charge >= 0.3 is 0 Å². The van der Waals surface area contributed by atoms with E-state index < -0.39 is 0 Å². The van der Waals surface area contributed by atoms with Crippen LogP contribution in [-0.2, 0) is 6.42 Å². The van der Waals surface area contributed by atoms with Gasteiger partial charge in [-0.1, -0.05) is 18.5 Å². The summed E-state index contributed by atoms with van der Waals surface area (Å²) in [6.07, 6.45) is 0.893. The van der Waals surface area contributed by atoms with E-state index in [2.05, 4.69) is 6.92 Å². The minimum absolute atomic E-state index is 0.0961. The molecule has 2 aromatic rings. The number of ketones is 1. The number of carbonyl (C=O) groups is 1. The van der Waals surface area contributed by atoms with Gasteiger partial charge in [0.15, 0.2) is 0 Å². The van der Waals surface area contributed by atoms with Crippen molar-refractivity contribution in [3.63, 3.8) is 0 Å². The first-order valence-corrected chi connectivity index (χ1v) is 6.66. The van der Waals surface area contributed by atoms with Crippen molar-refractivity contribution in [1.29, 1.82) is 0 Å². The molecule has 0 N–H and O–H groups in total. The molecule has 2 rings (SSSR count). The van der Waals surface area contributed by atoms with Gasteiger partial charge in [0.05, 0.1) is 14.1 Å². The standard InChI is InChI=1S/C11H9ClOS2/c1-2-7-5-6-14-11(7)10(13)8-3-4-9(12)15-8/h3-6H,2H2,1H3. The topological polar surface area (TPSA) is 17.1 Å². The van der Waals surface area contributed by atoms with E-state index in [0.717, 1.165) is 21.7 Å². The zero-order valence-electron chi connectivity index (χ0n) is 8.12. The summed E-state index contributed by atoms with van der Waals surface area (Å²) >= 11 is 8.65. The smallest absolute Gasteiger partial charge is 0.213 e. The SMILES string of the molecule is CCc1ccsc1C(=O)c1ccc(Cl)s1. The molecular formula is C11H9ClOS2. The van der Waals surface area contributed by atoms with Crippen molar-refractivity contribution in [2.24, 2.45) is 0 Å². The molecule has 0 saturated heterocycles. The lowest BCUT2D eigenvalue weighted by Gasteiger charge is -1.97. The fourth-order valence-electron chi connectivity index (χ4n) is 1.36. The molecular weight excluding hydrogens is 248 g/mol. The summed E-state index contributed by atoms with van der Waals surface area (Å²) in [5.41, 5.74) is 1.12. The monoisotopic (exact) mass is 256 g/mol. The number of halogens is 1. The van der Waals surface area contributed by atoms with E-state index in [4.69, 9.17) is 11.6 Å². The van der Waals surface area contributed by atoms with Crippen LogP contribution in [0.15, 0.2) is 23.6 Å². The number of hydrogen-bond donors (Lipinski definition) is 0. The average molecular weight is 257 g/mol.